The van der Waals surface area contributed by atoms with E-state index in [4.69, 9.17) is 14.3 Å². The molecule has 1 heterocycles. The number of hydrogen-bond donors (Lipinski definition) is 2. The van der Waals surface area contributed by atoms with Crippen LogP contribution in [-0.4, -0.2) is 32.2 Å². The zero-order valence-electron chi connectivity index (χ0n) is 13.9. The van der Waals surface area contributed by atoms with Crippen LogP contribution in [0.25, 0.3) is 5.69 Å². The standard InChI is InChI=1S/C14H21N4O5P/c1-10(2)22-24(21,23-11(3)4)14-15-9-17(16-14)12-5-7-13(8-6-12)18(19)20/h5-11,18-19H,1-4H3. The molecular formula is C14H21N4O5P. The normalized spacial score (nSPS) is 13.7. The summed E-state index contributed by atoms with van der Waals surface area (Å²) in [5, 5.41) is 23.0. The van der Waals surface area contributed by atoms with Crippen molar-refractivity contribution in [1.82, 2.24) is 14.8 Å². The van der Waals surface area contributed by atoms with E-state index in [9.17, 15) is 9.77 Å². The van der Waals surface area contributed by atoms with Crippen molar-refractivity contribution in [2.24, 2.45) is 0 Å². The molecule has 1 aromatic heterocycles. The highest BCUT2D eigenvalue weighted by Crippen LogP contribution is 2.48. The highest BCUT2D eigenvalue weighted by Gasteiger charge is 2.35. The maximum Gasteiger partial charge on any atom is 0.400 e. The summed E-state index contributed by atoms with van der Waals surface area (Å²) < 4.78 is 25.3. The summed E-state index contributed by atoms with van der Waals surface area (Å²) in [5.41, 5.74) is 0.711. The molecule has 2 aromatic rings. The molecule has 0 bridgehead atoms. The van der Waals surface area contributed by atoms with Crippen LogP contribution in [-0.2, 0) is 13.6 Å². The lowest BCUT2D eigenvalue weighted by atomic mass is 10.3. The van der Waals surface area contributed by atoms with Gasteiger partial charge in [-0.15, -0.1) is 5.10 Å². The van der Waals surface area contributed by atoms with Gasteiger partial charge in [0, 0.05) is 12.1 Å². The van der Waals surface area contributed by atoms with Gasteiger partial charge in [0.15, 0.2) is 5.69 Å². The van der Waals surface area contributed by atoms with Gasteiger partial charge in [-0.2, -0.15) is 5.23 Å². The smallest absolute Gasteiger partial charge is 0.400 e. The first-order valence-corrected chi connectivity index (χ1v) is 8.98. The van der Waals surface area contributed by atoms with Gasteiger partial charge in [0.25, 0.3) is 5.57 Å². The summed E-state index contributed by atoms with van der Waals surface area (Å²) >= 11 is 0. The third-order valence-corrected chi connectivity index (χ3v) is 4.90. The number of quaternary nitrogens is 1. The maximum atomic E-state index is 13.0. The molecule has 0 saturated heterocycles. The van der Waals surface area contributed by atoms with E-state index in [1.54, 1.807) is 39.8 Å². The topological polar surface area (TPSA) is 114 Å². The highest BCUT2D eigenvalue weighted by atomic mass is 31.2. The first-order valence-electron chi connectivity index (χ1n) is 7.44. The summed E-state index contributed by atoms with van der Waals surface area (Å²) in [4.78, 5) is 4.05. The van der Waals surface area contributed by atoms with Crippen LogP contribution in [0.15, 0.2) is 30.6 Å². The van der Waals surface area contributed by atoms with Gasteiger partial charge in [-0.05, 0) is 39.8 Å². The average molecular weight is 356 g/mol. The molecule has 0 radical (unpaired) electrons. The van der Waals surface area contributed by atoms with Gasteiger partial charge in [0.2, 0.25) is 0 Å². The minimum absolute atomic E-state index is 0.0350. The van der Waals surface area contributed by atoms with E-state index in [-0.39, 0.29) is 23.5 Å². The molecule has 2 rings (SSSR count). The van der Waals surface area contributed by atoms with Gasteiger partial charge in [-0.25, -0.2) is 14.9 Å². The minimum Gasteiger partial charge on any atom is -0.595 e. The summed E-state index contributed by atoms with van der Waals surface area (Å²) in [5.74, 6) is 0. The van der Waals surface area contributed by atoms with E-state index in [0.717, 1.165) is 0 Å². The Kier molecular flexibility index (Phi) is 5.87. The van der Waals surface area contributed by atoms with E-state index in [0.29, 0.717) is 5.69 Å². The van der Waals surface area contributed by atoms with Crippen LogP contribution in [0, 0.1) is 5.21 Å². The largest absolute Gasteiger partial charge is 0.595 e. The second kappa shape index (κ2) is 7.52. The van der Waals surface area contributed by atoms with E-state index < -0.39 is 12.8 Å². The average Bonchev–Trinajstić information content (AvgIpc) is 2.96. The summed E-state index contributed by atoms with van der Waals surface area (Å²) in [6.45, 7) is 6.99. The molecule has 1 aromatic carbocycles. The Morgan fingerprint density at radius 1 is 1.17 bits per heavy atom. The summed E-state index contributed by atoms with van der Waals surface area (Å²) in [6, 6.07) is 6.07. The summed E-state index contributed by atoms with van der Waals surface area (Å²) in [6.07, 6.45) is 0.735. The molecule has 24 heavy (non-hydrogen) atoms. The highest BCUT2D eigenvalue weighted by molar-refractivity contribution is 7.61. The van der Waals surface area contributed by atoms with Crippen LogP contribution < -0.4 is 10.8 Å². The number of nitrogens with zero attached hydrogens (tertiary/aromatic N) is 3. The van der Waals surface area contributed by atoms with Crippen molar-refractivity contribution in [1.29, 1.82) is 0 Å². The quantitative estimate of drug-likeness (QED) is 0.568. The fourth-order valence-electron chi connectivity index (χ4n) is 1.94. The van der Waals surface area contributed by atoms with Gasteiger partial charge >= 0.3 is 7.60 Å². The summed E-state index contributed by atoms with van der Waals surface area (Å²) in [7, 11) is -3.65. The predicted molar refractivity (Wildman–Crippen MR) is 86.8 cm³/mol. The molecule has 0 aliphatic carbocycles. The molecule has 0 amide bonds. The number of aromatic nitrogens is 3. The molecule has 10 heteroatoms. The molecule has 0 aliphatic rings. The van der Waals surface area contributed by atoms with Crippen LogP contribution in [0.1, 0.15) is 27.7 Å². The second-order valence-electron chi connectivity index (χ2n) is 5.65. The second-order valence-corrected chi connectivity index (χ2v) is 7.46. The fraction of sp³-hybridized carbons (Fsp3) is 0.429. The van der Waals surface area contributed by atoms with Crippen molar-refractivity contribution >= 4 is 18.8 Å². The number of benzene rings is 1. The van der Waals surface area contributed by atoms with Gasteiger partial charge in [-0.1, -0.05) is 0 Å². The van der Waals surface area contributed by atoms with Crippen molar-refractivity contribution in [3.05, 3.63) is 35.8 Å². The maximum absolute atomic E-state index is 13.0. The molecule has 0 saturated carbocycles. The lowest BCUT2D eigenvalue weighted by molar-refractivity contribution is -0.991. The van der Waals surface area contributed by atoms with Crippen molar-refractivity contribution < 1.29 is 24.0 Å². The molecule has 0 fully saturated rings. The molecule has 132 valence electrons. The lowest BCUT2D eigenvalue weighted by Crippen LogP contribution is -2.99. The monoisotopic (exact) mass is 356 g/mol. The zero-order chi connectivity index (χ0) is 17.9. The lowest BCUT2D eigenvalue weighted by Gasteiger charge is -2.19. The van der Waals surface area contributed by atoms with Crippen molar-refractivity contribution in [2.45, 2.75) is 39.9 Å². The van der Waals surface area contributed by atoms with Crippen LogP contribution >= 0.6 is 7.60 Å². The van der Waals surface area contributed by atoms with Crippen molar-refractivity contribution in [2.75, 3.05) is 0 Å². The molecule has 1 atom stereocenters. The van der Waals surface area contributed by atoms with Crippen LogP contribution in [0.3, 0.4) is 0 Å². The minimum atomic E-state index is -3.65. The Morgan fingerprint density at radius 2 is 1.71 bits per heavy atom. The Balaban J connectivity index is 2.31. The molecule has 2 N–H and O–H groups in total. The van der Waals surface area contributed by atoms with Crippen LogP contribution in [0.5, 0.6) is 0 Å². The molecule has 1 unspecified atom stereocenters. The molecule has 0 aliphatic heterocycles. The van der Waals surface area contributed by atoms with Gasteiger partial charge in [0.1, 0.15) is 6.33 Å². The van der Waals surface area contributed by atoms with Gasteiger partial charge < -0.3 is 14.3 Å². The third-order valence-electron chi connectivity index (χ3n) is 2.80. The van der Waals surface area contributed by atoms with E-state index in [1.165, 1.54) is 23.1 Å². The first kappa shape index (κ1) is 18.7. The van der Waals surface area contributed by atoms with Crippen LogP contribution in [0.2, 0.25) is 0 Å². The SMILES string of the molecule is CC(C)OP(=O)(OC(C)C)c1ncn(-c2ccc([NH+]([O-])O)cc2)n1. The van der Waals surface area contributed by atoms with E-state index in [1.807, 2.05) is 0 Å². The number of nitrogens with one attached hydrogen (secondary N) is 1. The van der Waals surface area contributed by atoms with Gasteiger partial charge in [0.05, 0.1) is 17.9 Å². The van der Waals surface area contributed by atoms with Crippen molar-refractivity contribution in [3.63, 3.8) is 0 Å². The Morgan fingerprint density at radius 3 is 2.17 bits per heavy atom. The zero-order valence-corrected chi connectivity index (χ0v) is 14.8. The van der Waals surface area contributed by atoms with Gasteiger partial charge in [-0.3, -0.25) is 4.57 Å². The number of rotatable bonds is 7. The third kappa shape index (κ3) is 4.47. The fourth-order valence-corrected chi connectivity index (χ4v) is 3.68. The van der Waals surface area contributed by atoms with E-state index >= 15 is 0 Å². The van der Waals surface area contributed by atoms with Crippen LogP contribution in [0.4, 0.5) is 5.69 Å². The van der Waals surface area contributed by atoms with E-state index in [2.05, 4.69) is 10.1 Å². The Labute approximate surface area is 139 Å². The Bertz CT molecular complexity index is 700. The van der Waals surface area contributed by atoms with Crippen molar-refractivity contribution in [3.8, 4) is 5.69 Å². The molecular weight excluding hydrogens is 335 g/mol. The first-order chi connectivity index (χ1) is 11.2. The predicted octanol–water partition coefficient (Wildman–Crippen LogP) is 1.34. The number of hydrogen-bond acceptors (Lipinski definition) is 7. The molecule has 0 spiro atoms. The molecule has 9 nitrogen and oxygen atoms in total. The Hall–Kier alpha value is -1.61.